The van der Waals surface area contributed by atoms with Gasteiger partial charge in [-0.2, -0.15) is 0 Å². The third-order valence-electron chi connectivity index (χ3n) is 4.21. The largest absolute Gasteiger partial charge is 0.499 e. The highest BCUT2D eigenvalue weighted by Crippen LogP contribution is 2.37. The molecule has 0 unspecified atom stereocenters. The Bertz CT molecular complexity index is 427. The van der Waals surface area contributed by atoms with E-state index in [1.54, 1.807) is 0 Å². The Balaban J connectivity index is 1.90. The minimum absolute atomic E-state index is 0.694. The van der Waals surface area contributed by atoms with Crippen LogP contribution in [0.2, 0.25) is 5.02 Å². The van der Waals surface area contributed by atoms with Crippen molar-refractivity contribution in [2.75, 3.05) is 6.61 Å². The van der Waals surface area contributed by atoms with E-state index in [0.29, 0.717) is 11.8 Å². The normalized spacial score (nSPS) is 23.6. The van der Waals surface area contributed by atoms with E-state index in [4.69, 9.17) is 16.3 Å². The first-order valence-corrected chi connectivity index (χ1v) is 8.19. The summed E-state index contributed by atoms with van der Waals surface area (Å²) in [4.78, 5) is 0. The van der Waals surface area contributed by atoms with Crippen molar-refractivity contribution < 1.29 is 4.74 Å². The van der Waals surface area contributed by atoms with Crippen LogP contribution in [0.1, 0.15) is 57.4 Å². The smallest absolute Gasteiger partial charge is 0.0919 e. The van der Waals surface area contributed by atoms with Crippen LogP contribution in [0, 0.1) is 5.92 Å². The van der Waals surface area contributed by atoms with Crippen LogP contribution < -0.4 is 0 Å². The van der Waals surface area contributed by atoms with Gasteiger partial charge in [-0.3, -0.25) is 0 Å². The van der Waals surface area contributed by atoms with Gasteiger partial charge in [0.2, 0.25) is 0 Å². The minimum atomic E-state index is 0.694. The van der Waals surface area contributed by atoms with E-state index in [1.165, 1.54) is 37.0 Å². The highest BCUT2D eigenvalue weighted by Gasteiger charge is 2.21. The predicted octanol–water partition coefficient (Wildman–Crippen LogP) is 5.94. The van der Waals surface area contributed by atoms with E-state index < -0.39 is 0 Å². The summed E-state index contributed by atoms with van der Waals surface area (Å²) in [6.07, 6.45) is 8.44. The fourth-order valence-corrected chi connectivity index (χ4v) is 3.20. The second-order valence-electron chi connectivity index (χ2n) is 5.58. The predicted molar refractivity (Wildman–Crippen MR) is 86.2 cm³/mol. The summed E-state index contributed by atoms with van der Waals surface area (Å²) in [5.74, 6) is 2.57. The molecule has 1 nitrogen and oxygen atoms in total. The van der Waals surface area contributed by atoms with Crippen LogP contribution in [-0.2, 0) is 4.74 Å². The van der Waals surface area contributed by atoms with Gasteiger partial charge in [0.15, 0.2) is 0 Å². The van der Waals surface area contributed by atoms with Crippen molar-refractivity contribution in [3.8, 4) is 0 Å². The molecule has 0 heterocycles. The molecule has 1 aromatic carbocycles. The molecule has 0 spiro atoms. The molecule has 20 heavy (non-hydrogen) atoms. The molecule has 1 fully saturated rings. The molecule has 0 atom stereocenters. The summed E-state index contributed by atoms with van der Waals surface area (Å²) >= 11 is 5.96. The van der Waals surface area contributed by atoms with Crippen molar-refractivity contribution in [2.45, 2.75) is 51.9 Å². The van der Waals surface area contributed by atoms with Gasteiger partial charge in [-0.1, -0.05) is 30.7 Å². The van der Waals surface area contributed by atoms with E-state index in [1.807, 2.05) is 12.1 Å². The molecule has 0 amide bonds. The van der Waals surface area contributed by atoms with E-state index in [0.717, 1.165) is 18.1 Å². The average molecular weight is 293 g/mol. The van der Waals surface area contributed by atoms with E-state index >= 15 is 0 Å². The van der Waals surface area contributed by atoms with Gasteiger partial charge in [0.05, 0.1) is 12.4 Å². The maximum absolute atomic E-state index is 5.96. The van der Waals surface area contributed by atoms with Crippen LogP contribution in [0.15, 0.2) is 36.1 Å². The Morgan fingerprint density at radius 3 is 2.35 bits per heavy atom. The van der Waals surface area contributed by atoms with E-state index in [2.05, 4.69) is 32.1 Å². The highest BCUT2D eigenvalue weighted by molar-refractivity contribution is 6.30. The summed E-state index contributed by atoms with van der Waals surface area (Å²) in [5, 5.41) is 0.828. The Morgan fingerprint density at radius 2 is 1.80 bits per heavy atom. The molecule has 0 N–H and O–H groups in total. The van der Waals surface area contributed by atoms with Gasteiger partial charge in [-0.05, 0) is 68.2 Å². The van der Waals surface area contributed by atoms with Gasteiger partial charge in [-0.25, -0.2) is 0 Å². The van der Waals surface area contributed by atoms with Crippen LogP contribution in [0.5, 0.6) is 0 Å². The monoisotopic (exact) mass is 292 g/mol. The molecule has 0 saturated heterocycles. The lowest BCUT2D eigenvalue weighted by Gasteiger charge is -2.27. The maximum atomic E-state index is 5.96. The van der Waals surface area contributed by atoms with Crippen molar-refractivity contribution in [1.29, 1.82) is 0 Å². The first-order chi connectivity index (χ1) is 9.72. The first-order valence-electron chi connectivity index (χ1n) is 7.81. The average Bonchev–Trinajstić information content (AvgIpc) is 2.48. The molecule has 0 aliphatic heterocycles. The molecule has 110 valence electrons. The maximum Gasteiger partial charge on any atom is 0.0919 e. The number of hydrogen-bond acceptors (Lipinski definition) is 1. The Morgan fingerprint density at radius 1 is 1.15 bits per heavy atom. The van der Waals surface area contributed by atoms with Crippen molar-refractivity contribution >= 4 is 11.6 Å². The Labute approximate surface area is 128 Å². The first kappa shape index (κ1) is 15.4. The summed E-state index contributed by atoms with van der Waals surface area (Å²) in [6.45, 7) is 5.00. The number of allylic oxidation sites excluding steroid dienone is 2. The molecule has 1 aromatic rings. The van der Waals surface area contributed by atoms with Crippen molar-refractivity contribution in [3.63, 3.8) is 0 Å². The fraction of sp³-hybridized carbons (Fsp3) is 0.556. The standard InChI is InChI=1S/C18H25ClO/c1-3-18(20-4-2)13-14-5-7-15(8-6-14)16-9-11-17(19)12-10-16/h9-15H,3-8H2,1-2H3. The third-order valence-corrected chi connectivity index (χ3v) is 4.47. The molecule has 2 rings (SSSR count). The van der Waals surface area contributed by atoms with Gasteiger partial charge in [0.1, 0.15) is 0 Å². The zero-order chi connectivity index (χ0) is 14.4. The highest BCUT2D eigenvalue weighted by atomic mass is 35.5. The molecule has 2 heteroatoms. The molecule has 0 bridgehead atoms. The number of ether oxygens (including phenoxy) is 1. The van der Waals surface area contributed by atoms with Crippen LogP contribution in [0.3, 0.4) is 0 Å². The topological polar surface area (TPSA) is 9.23 Å². The Kier molecular flexibility index (Phi) is 5.97. The Hall–Kier alpha value is -0.950. The quantitative estimate of drug-likeness (QED) is 0.610. The molecule has 1 saturated carbocycles. The number of hydrogen-bond donors (Lipinski definition) is 0. The molecular formula is C18H25ClO. The lowest BCUT2D eigenvalue weighted by Crippen LogP contribution is -2.12. The van der Waals surface area contributed by atoms with Crippen molar-refractivity contribution in [2.24, 2.45) is 5.92 Å². The van der Waals surface area contributed by atoms with Crippen molar-refractivity contribution in [1.82, 2.24) is 0 Å². The zero-order valence-electron chi connectivity index (χ0n) is 12.6. The molecule has 0 radical (unpaired) electrons. The van der Waals surface area contributed by atoms with Crippen LogP contribution >= 0.6 is 11.6 Å². The fourth-order valence-electron chi connectivity index (χ4n) is 3.07. The van der Waals surface area contributed by atoms with Gasteiger partial charge >= 0.3 is 0 Å². The van der Waals surface area contributed by atoms with Crippen molar-refractivity contribution in [3.05, 3.63) is 46.7 Å². The SMILES string of the molecule is CCOC(=CC1CCC(c2ccc(Cl)cc2)CC1)CC. The van der Waals surface area contributed by atoms with E-state index in [9.17, 15) is 0 Å². The summed E-state index contributed by atoms with van der Waals surface area (Å²) < 4.78 is 5.66. The van der Waals surface area contributed by atoms with Gasteiger partial charge < -0.3 is 4.74 Å². The van der Waals surface area contributed by atoms with Gasteiger partial charge in [0.25, 0.3) is 0 Å². The number of benzene rings is 1. The minimum Gasteiger partial charge on any atom is -0.499 e. The molecule has 1 aliphatic rings. The third kappa shape index (κ3) is 4.28. The molecule has 0 aromatic heterocycles. The molecular weight excluding hydrogens is 268 g/mol. The lowest BCUT2D eigenvalue weighted by molar-refractivity contribution is 0.215. The zero-order valence-corrected chi connectivity index (χ0v) is 13.3. The summed E-state index contributed by atoms with van der Waals surface area (Å²) in [5.41, 5.74) is 1.44. The number of halogens is 1. The second kappa shape index (κ2) is 7.73. The summed E-state index contributed by atoms with van der Waals surface area (Å²) in [7, 11) is 0. The molecule has 1 aliphatic carbocycles. The van der Waals surface area contributed by atoms with Gasteiger partial charge in [0, 0.05) is 11.4 Å². The van der Waals surface area contributed by atoms with Gasteiger partial charge in [-0.15, -0.1) is 0 Å². The summed E-state index contributed by atoms with van der Waals surface area (Å²) in [6, 6.07) is 8.38. The van der Waals surface area contributed by atoms with Crippen LogP contribution in [0.25, 0.3) is 0 Å². The number of rotatable bonds is 5. The van der Waals surface area contributed by atoms with Crippen LogP contribution in [0.4, 0.5) is 0 Å². The second-order valence-corrected chi connectivity index (χ2v) is 6.02. The van der Waals surface area contributed by atoms with E-state index in [-0.39, 0.29) is 0 Å². The van der Waals surface area contributed by atoms with Crippen LogP contribution in [-0.4, -0.2) is 6.61 Å². The lowest BCUT2D eigenvalue weighted by atomic mass is 9.78.